The second-order valence-corrected chi connectivity index (χ2v) is 16.2. The molecule has 0 spiro atoms. The van der Waals surface area contributed by atoms with Crippen molar-refractivity contribution in [3.8, 4) is 0 Å². The van der Waals surface area contributed by atoms with Gasteiger partial charge >= 0.3 is 6.09 Å². The number of carbonyl (C=O) groups is 5. The van der Waals surface area contributed by atoms with Gasteiger partial charge in [0.15, 0.2) is 6.10 Å². The van der Waals surface area contributed by atoms with Crippen molar-refractivity contribution in [1.82, 2.24) is 15.5 Å². The number of fused-ring (bicyclic) bond motifs is 2. The lowest BCUT2D eigenvalue weighted by molar-refractivity contribution is -0.120. The fraction of sp³-hybridized carbons (Fsp3) is 0.340. The van der Waals surface area contributed by atoms with Gasteiger partial charge in [0.25, 0.3) is 11.8 Å². The Bertz CT molecular complexity index is 2220. The number of amides is 3. The van der Waals surface area contributed by atoms with Gasteiger partial charge in [-0.05, 0) is 67.0 Å². The molecule has 0 saturated heterocycles. The topological polar surface area (TPSA) is 187 Å². The van der Waals surface area contributed by atoms with Gasteiger partial charge in [0.2, 0.25) is 11.6 Å². The molecular weight excluding hydrogens is 801 g/mol. The Balaban J connectivity index is 1.42. The molecule has 5 rings (SSSR count). The first-order chi connectivity index (χ1) is 30.2. The Kier molecular flexibility index (Phi) is 17.2. The van der Waals surface area contributed by atoms with E-state index in [1.165, 1.54) is 44.4 Å². The first kappa shape index (κ1) is 47.8. The maximum atomic E-state index is 14.2. The number of hydrogen-bond donors (Lipinski definition) is 4. The summed E-state index contributed by atoms with van der Waals surface area (Å²) in [5.41, 5.74) is 9.33. The van der Waals surface area contributed by atoms with Crippen LogP contribution in [0, 0.1) is 11.8 Å². The van der Waals surface area contributed by atoms with Crippen LogP contribution in [-0.4, -0.2) is 78.1 Å². The fourth-order valence-corrected chi connectivity index (χ4v) is 7.78. The Morgan fingerprint density at radius 3 is 2.00 bits per heavy atom. The molecule has 5 N–H and O–H groups in total. The Hall–Kier alpha value is -6.25. The number of primary amides is 1. The SMILES string of the molecule is CO[C@H]1/C=C\C=C(/C)C(=O)NC2=CC(=O)C(NC(=O)c3ccc(CN(Cc4ccccc4)Cc4ccccc4)cc3)=C(C[C@@H](C)C[C@H](OC)[C@H](O)[C@@H](C)/C=C(\C)[C@@H]1OC(N)=O)C2=O. The predicted octanol–water partition coefficient (Wildman–Crippen LogP) is 6.39. The molecule has 3 aromatic carbocycles. The fourth-order valence-electron chi connectivity index (χ4n) is 7.78. The summed E-state index contributed by atoms with van der Waals surface area (Å²) in [7, 11) is 2.88. The maximum absolute atomic E-state index is 14.2. The number of aliphatic hydroxyl groups excluding tert-OH is 1. The third-order valence-corrected chi connectivity index (χ3v) is 11.2. The van der Waals surface area contributed by atoms with E-state index in [1.54, 1.807) is 38.1 Å². The van der Waals surface area contributed by atoms with Crippen LogP contribution in [-0.2, 0) is 48.2 Å². The molecule has 13 heteroatoms. The summed E-state index contributed by atoms with van der Waals surface area (Å²) in [5.74, 6) is -3.42. The van der Waals surface area contributed by atoms with Crippen LogP contribution in [0.25, 0.3) is 0 Å². The molecule has 63 heavy (non-hydrogen) atoms. The predicted molar refractivity (Wildman–Crippen MR) is 239 cm³/mol. The molecule has 3 amide bonds. The van der Waals surface area contributed by atoms with E-state index in [0.717, 1.165) is 24.7 Å². The minimum absolute atomic E-state index is 0.00241. The molecule has 332 valence electrons. The van der Waals surface area contributed by atoms with E-state index in [9.17, 15) is 29.1 Å². The molecule has 1 heterocycles. The largest absolute Gasteiger partial charge is 0.439 e. The summed E-state index contributed by atoms with van der Waals surface area (Å²) in [6, 6.07) is 27.5. The second-order valence-electron chi connectivity index (χ2n) is 16.2. The highest BCUT2D eigenvalue weighted by Crippen LogP contribution is 2.29. The van der Waals surface area contributed by atoms with Crippen molar-refractivity contribution in [1.29, 1.82) is 0 Å². The van der Waals surface area contributed by atoms with Crippen molar-refractivity contribution in [3.63, 3.8) is 0 Å². The molecular formula is C50H58N4O9. The molecule has 2 bridgehead atoms. The van der Waals surface area contributed by atoms with E-state index in [4.69, 9.17) is 19.9 Å². The van der Waals surface area contributed by atoms with Gasteiger partial charge in [0.1, 0.15) is 6.10 Å². The maximum Gasteiger partial charge on any atom is 0.405 e. The Morgan fingerprint density at radius 1 is 0.857 bits per heavy atom. The van der Waals surface area contributed by atoms with Crippen molar-refractivity contribution in [2.75, 3.05) is 14.2 Å². The number of Topliss-reactive ketones (excluding diaryl/α,β-unsaturated/α-hetero) is 1. The molecule has 0 aromatic heterocycles. The van der Waals surface area contributed by atoms with Gasteiger partial charge in [-0.1, -0.05) is 111 Å². The van der Waals surface area contributed by atoms with E-state index in [2.05, 4.69) is 39.8 Å². The average Bonchev–Trinajstić information content (AvgIpc) is 3.26. The highest BCUT2D eigenvalue weighted by Gasteiger charge is 2.34. The van der Waals surface area contributed by atoms with Crippen molar-refractivity contribution in [3.05, 3.63) is 166 Å². The van der Waals surface area contributed by atoms with E-state index >= 15 is 0 Å². The highest BCUT2D eigenvalue weighted by atomic mass is 16.6. The zero-order valence-electron chi connectivity index (χ0n) is 36.7. The van der Waals surface area contributed by atoms with Gasteiger partial charge in [-0.25, -0.2) is 4.79 Å². The minimum Gasteiger partial charge on any atom is -0.439 e. The van der Waals surface area contributed by atoms with Gasteiger partial charge in [0.05, 0.1) is 23.6 Å². The van der Waals surface area contributed by atoms with Gasteiger partial charge in [0, 0.05) is 62.6 Å². The Labute approximate surface area is 369 Å². The molecule has 1 aliphatic carbocycles. The monoisotopic (exact) mass is 858 g/mol. The zero-order chi connectivity index (χ0) is 45.6. The van der Waals surface area contributed by atoms with Crippen molar-refractivity contribution in [2.45, 2.75) is 84.6 Å². The van der Waals surface area contributed by atoms with Gasteiger partial charge < -0.3 is 35.7 Å². The smallest absolute Gasteiger partial charge is 0.405 e. The third kappa shape index (κ3) is 13.4. The number of benzene rings is 3. The minimum atomic E-state index is -1.05. The van der Waals surface area contributed by atoms with Crippen LogP contribution >= 0.6 is 0 Å². The number of ketones is 2. The van der Waals surface area contributed by atoms with E-state index in [0.29, 0.717) is 12.1 Å². The lowest BCUT2D eigenvalue weighted by Gasteiger charge is -2.30. The number of aliphatic hydroxyl groups is 1. The number of hydrogen-bond acceptors (Lipinski definition) is 10. The quantitative estimate of drug-likeness (QED) is 0.124. The summed E-state index contributed by atoms with van der Waals surface area (Å²) < 4.78 is 16.8. The summed E-state index contributed by atoms with van der Waals surface area (Å²) in [6.45, 7) is 8.91. The first-order valence-corrected chi connectivity index (χ1v) is 21.0. The summed E-state index contributed by atoms with van der Waals surface area (Å²) >= 11 is 0. The molecule has 0 fully saturated rings. The summed E-state index contributed by atoms with van der Waals surface area (Å²) in [5, 5.41) is 16.8. The lowest BCUT2D eigenvalue weighted by atomic mass is 9.85. The van der Waals surface area contributed by atoms with Gasteiger partial charge in [-0.2, -0.15) is 0 Å². The van der Waals surface area contributed by atoms with Crippen LogP contribution in [0.5, 0.6) is 0 Å². The number of carbonyl (C=O) groups excluding carboxylic acids is 5. The van der Waals surface area contributed by atoms with Crippen LogP contribution in [0.1, 0.15) is 67.6 Å². The van der Waals surface area contributed by atoms with Gasteiger partial charge in [-0.15, -0.1) is 0 Å². The number of nitrogens with one attached hydrogen (secondary N) is 2. The average molecular weight is 859 g/mol. The van der Waals surface area contributed by atoms with Crippen LogP contribution in [0.3, 0.4) is 0 Å². The Morgan fingerprint density at radius 2 is 1.44 bits per heavy atom. The summed E-state index contributed by atoms with van der Waals surface area (Å²) in [6.07, 6.45) is 2.97. The van der Waals surface area contributed by atoms with Crippen LogP contribution in [0.2, 0.25) is 0 Å². The van der Waals surface area contributed by atoms with Gasteiger partial charge in [-0.3, -0.25) is 24.1 Å². The molecule has 3 aromatic rings. The number of allylic oxidation sites excluding steroid dienone is 4. The number of methoxy groups -OCH3 is 2. The molecule has 2 aliphatic rings. The highest BCUT2D eigenvalue weighted by molar-refractivity contribution is 6.24. The lowest BCUT2D eigenvalue weighted by Crippen LogP contribution is -2.38. The van der Waals surface area contributed by atoms with Crippen molar-refractivity contribution in [2.24, 2.45) is 17.6 Å². The van der Waals surface area contributed by atoms with E-state index in [-0.39, 0.29) is 46.9 Å². The molecule has 0 radical (unpaired) electrons. The van der Waals surface area contributed by atoms with E-state index in [1.807, 2.05) is 55.5 Å². The summed E-state index contributed by atoms with van der Waals surface area (Å²) in [4.78, 5) is 69.5. The van der Waals surface area contributed by atoms with Crippen molar-refractivity contribution < 1.29 is 43.3 Å². The normalized spacial score (nSPS) is 25.0. The number of nitrogens with two attached hydrogens (primary N) is 1. The standard InChI is InChI=1S/C50H58N4O9/c1-31-24-39-44(53-49(59)38-22-20-37(21-23-38)30-54(28-35-15-9-7-10-16-35)29-36-17-11-8-12-18-36)41(55)27-40(46(39)57)52-48(58)32(2)14-13-19-42(61-5)47(63-50(51)60)34(4)26-33(3)45(56)43(25-31)62-6/h7-23,26-27,31,33,42-43,45,47,56H,24-25,28-30H2,1-6H3,(H2,51,60)(H,52,58)(H,53,59)/b19-13-,32-14+,34-26+/t31-,33+,42+,43+,45-,47+/m1/s1. The van der Waals surface area contributed by atoms with Crippen molar-refractivity contribution >= 4 is 29.5 Å². The number of rotatable bonds is 11. The second kappa shape index (κ2) is 22.7. The number of nitrogens with zero attached hydrogens (tertiary/aromatic N) is 1. The van der Waals surface area contributed by atoms with Crippen LogP contribution in [0.4, 0.5) is 4.79 Å². The van der Waals surface area contributed by atoms with E-state index < -0.39 is 59.8 Å². The molecule has 13 nitrogen and oxygen atoms in total. The molecule has 0 unspecified atom stereocenters. The zero-order valence-corrected chi connectivity index (χ0v) is 36.7. The molecule has 6 atom stereocenters. The first-order valence-electron chi connectivity index (χ1n) is 21.0. The number of ether oxygens (including phenoxy) is 3. The van der Waals surface area contributed by atoms with Crippen LogP contribution < -0.4 is 16.4 Å². The molecule has 1 aliphatic heterocycles. The third-order valence-electron chi connectivity index (χ3n) is 11.2. The van der Waals surface area contributed by atoms with Crippen LogP contribution in [0.15, 0.2) is 143 Å². The molecule has 0 saturated carbocycles.